The van der Waals surface area contributed by atoms with E-state index in [4.69, 9.17) is 9.47 Å². The van der Waals surface area contributed by atoms with E-state index in [1.807, 2.05) is 24.3 Å². The van der Waals surface area contributed by atoms with Crippen LogP contribution in [0.25, 0.3) is 0 Å². The summed E-state index contributed by atoms with van der Waals surface area (Å²) in [6, 6.07) is 12.0. The molecule has 0 aliphatic carbocycles. The van der Waals surface area contributed by atoms with E-state index in [0.29, 0.717) is 25.3 Å². The molecule has 2 aliphatic rings. The summed E-state index contributed by atoms with van der Waals surface area (Å²) in [4.78, 5) is 21.9. The second-order valence-electron chi connectivity index (χ2n) is 7.75. The lowest BCUT2D eigenvalue weighted by Gasteiger charge is -2.28. The molecule has 0 bridgehead atoms. The van der Waals surface area contributed by atoms with Crippen LogP contribution in [0.4, 0.5) is 5.82 Å². The van der Waals surface area contributed by atoms with Crippen molar-refractivity contribution in [3.8, 4) is 5.75 Å². The van der Waals surface area contributed by atoms with Crippen molar-refractivity contribution in [1.29, 1.82) is 0 Å². The van der Waals surface area contributed by atoms with E-state index < -0.39 is 0 Å². The quantitative estimate of drug-likeness (QED) is 0.757. The second kappa shape index (κ2) is 9.91. The predicted octanol–water partition coefficient (Wildman–Crippen LogP) is 2.49. The Morgan fingerprint density at radius 1 is 1.17 bits per heavy atom. The molecule has 0 saturated carbocycles. The number of anilines is 1. The number of carbonyl (C=O) groups is 1. The van der Waals surface area contributed by atoms with E-state index in [1.54, 1.807) is 13.3 Å². The Morgan fingerprint density at radius 2 is 1.97 bits per heavy atom. The molecule has 3 heterocycles. The van der Waals surface area contributed by atoms with Gasteiger partial charge >= 0.3 is 0 Å². The molecule has 160 valence electrons. The third kappa shape index (κ3) is 4.91. The average Bonchev–Trinajstić information content (AvgIpc) is 3.34. The Balaban J connectivity index is 1.41. The van der Waals surface area contributed by atoms with Gasteiger partial charge in [0.25, 0.3) is 5.91 Å². The van der Waals surface area contributed by atoms with E-state index in [-0.39, 0.29) is 11.9 Å². The first-order valence-electron chi connectivity index (χ1n) is 10.7. The number of carbonyl (C=O) groups excluding carboxylic acids is 1. The summed E-state index contributed by atoms with van der Waals surface area (Å²) < 4.78 is 10.8. The number of rotatable bonds is 7. The Hall–Kier alpha value is -2.64. The lowest BCUT2D eigenvalue weighted by atomic mass is 10.0. The van der Waals surface area contributed by atoms with Crippen molar-refractivity contribution < 1.29 is 14.3 Å². The smallest absolute Gasteiger partial charge is 0.252 e. The molecule has 1 N–H and O–H groups in total. The maximum absolute atomic E-state index is 12.8. The topological polar surface area (TPSA) is 66.9 Å². The zero-order valence-corrected chi connectivity index (χ0v) is 17.5. The molecule has 2 saturated heterocycles. The molecule has 1 atom stereocenters. The predicted molar refractivity (Wildman–Crippen MR) is 116 cm³/mol. The monoisotopic (exact) mass is 410 g/mol. The Morgan fingerprint density at radius 3 is 2.67 bits per heavy atom. The highest BCUT2D eigenvalue weighted by atomic mass is 16.5. The summed E-state index contributed by atoms with van der Waals surface area (Å²) in [5.74, 6) is 1.63. The minimum Gasteiger partial charge on any atom is -0.497 e. The number of ether oxygens (including phenoxy) is 2. The molecule has 1 amide bonds. The van der Waals surface area contributed by atoms with E-state index in [0.717, 1.165) is 43.3 Å². The van der Waals surface area contributed by atoms with Crippen LogP contribution in [0, 0.1) is 0 Å². The number of pyridine rings is 1. The highest BCUT2D eigenvalue weighted by Crippen LogP contribution is 2.27. The van der Waals surface area contributed by atoms with Gasteiger partial charge < -0.3 is 19.7 Å². The average molecular weight is 411 g/mol. The molecule has 4 rings (SSSR count). The molecule has 2 aliphatic heterocycles. The van der Waals surface area contributed by atoms with Crippen LogP contribution >= 0.6 is 0 Å². The minimum atomic E-state index is -0.0943. The van der Waals surface area contributed by atoms with Crippen LogP contribution in [0.3, 0.4) is 0 Å². The molecule has 2 fully saturated rings. The first-order valence-corrected chi connectivity index (χ1v) is 10.7. The third-order valence-corrected chi connectivity index (χ3v) is 5.86. The minimum absolute atomic E-state index is 0.0943. The van der Waals surface area contributed by atoms with Crippen LogP contribution in [0.1, 0.15) is 34.8 Å². The van der Waals surface area contributed by atoms with Gasteiger partial charge in [0, 0.05) is 25.8 Å². The van der Waals surface area contributed by atoms with Gasteiger partial charge in [0.2, 0.25) is 0 Å². The molecular formula is C23H30N4O3. The van der Waals surface area contributed by atoms with Crippen LogP contribution in [-0.4, -0.2) is 68.8 Å². The number of hydrogen-bond acceptors (Lipinski definition) is 6. The third-order valence-electron chi connectivity index (χ3n) is 5.86. The van der Waals surface area contributed by atoms with Gasteiger partial charge in [-0.3, -0.25) is 9.69 Å². The SMILES string of the molecule is COc1cccc([C@@H](CNC(=O)c2ccc(N3CCOCC3)nc2)N2CCCC2)c1. The van der Waals surface area contributed by atoms with Gasteiger partial charge in [0.15, 0.2) is 0 Å². The van der Waals surface area contributed by atoms with E-state index in [9.17, 15) is 4.79 Å². The van der Waals surface area contributed by atoms with Gasteiger partial charge in [-0.2, -0.15) is 0 Å². The second-order valence-corrected chi connectivity index (χ2v) is 7.75. The van der Waals surface area contributed by atoms with Crippen LogP contribution in [0.15, 0.2) is 42.6 Å². The number of methoxy groups -OCH3 is 1. The first kappa shape index (κ1) is 20.6. The summed E-state index contributed by atoms with van der Waals surface area (Å²) in [5.41, 5.74) is 1.75. The highest BCUT2D eigenvalue weighted by molar-refractivity contribution is 5.94. The van der Waals surface area contributed by atoms with Gasteiger partial charge in [-0.25, -0.2) is 4.98 Å². The molecule has 0 unspecified atom stereocenters. The van der Waals surface area contributed by atoms with Gasteiger partial charge in [0.1, 0.15) is 11.6 Å². The van der Waals surface area contributed by atoms with Crippen molar-refractivity contribution in [2.24, 2.45) is 0 Å². The fraction of sp³-hybridized carbons (Fsp3) is 0.478. The number of nitrogens with zero attached hydrogens (tertiary/aromatic N) is 3. The van der Waals surface area contributed by atoms with Crippen LogP contribution in [0.5, 0.6) is 5.75 Å². The number of nitrogens with one attached hydrogen (secondary N) is 1. The maximum atomic E-state index is 12.8. The lowest BCUT2D eigenvalue weighted by Crippen LogP contribution is -2.37. The van der Waals surface area contributed by atoms with Crippen molar-refractivity contribution in [2.75, 3.05) is 57.9 Å². The normalized spacial score (nSPS) is 18.2. The Bertz CT molecular complexity index is 831. The fourth-order valence-electron chi connectivity index (χ4n) is 4.15. The molecule has 7 nitrogen and oxygen atoms in total. The van der Waals surface area contributed by atoms with Gasteiger partial charge in [-0.1, -0.05) is 12.1 Å². The Labute approximate surface area is 178 Å². The fourth-order valence-corrected chi connectivity index (χ4v) is 4.15. The first-order chi connectivity index (χ1) is 14.7. The highest BCUT2D eigenvalue weighted by Gasteiger charge is 2.24. The van der Waals surface area contributed by atoms with Crippen molar-refractivity contribution >= 4 is 11.7 Å². The summed E-state index contributed by atoms with van der Waals surface area (Å²) in [6.07, 6.45) is 4.05. The van der Waals surface area contributed by atoms with E-state index in [1.165, 1.54) is 12.8 Å². The number of benzene rings is 1. The zero-order valence-electron chi connectivity index (χ0n) is 17.5. The van der Waals surface area contributed by atoms with Crippen molar-refractivity contribution in [3.05, 3.63) is 53.7 Å². The molecule has 0 radical (unpaired) electrons. The molecule has 7 heteroatoms. The summed E-state index contributed by atoms with van der Waals surface area (Å²) in [6.45, 7) is 5.74. The van der Waals surface area contributed by atoms with Gasteiger partial charge in [-0.05, 0) is 55.8 Å². The molecule has 30 heavy (non-hydrogen) atoms. The maximum Gasteiger partial charge on any atom is 0.252 e. The molecule has 0 spiro atoms. The van der Waals surface area contributed by atoms with Crippen LogP contribution in [0.2, 0.25) is 0 Å². The van der Waals surface area contributed by atoms with Crippen molar-refractivity contribution in [3.63, 3.8) is 0 Å². The molecule has 2 aromatic rings. The Kier molecular flexibility index (Phi) is 6.81. The summed E-state index contributed by atoms with van der Waals surface area (Å²) >= 11 is 0. The van der Waals surface area contributed by atoms with Crippen LogP contribution in [-0.2, 0) is 4.74 Å². The van der Waals surface area contributed by atoms with Gasteiger partial charge in [0.05, 0.1) is 31.9 Å². The number of morpholine rings is 1. The molecular weight excluding hydrogens is 380 g/mol. The standard InChI is InChI=1S/C23H30N4O3/c1-29-20-6-4-5-18(15-20)21(26-9-2-3-10-26)17-25-23(28)19-7-8-22(24-16-19)27-11-13-30-14-12-27/h4-8,15-16,21H,2-3,9-14,17H2,1H3,(H,25,28)/t21-/m1/s1. The van der Waals surface area contributed by atoms with Crippen LogP contribution < -0.4 is 15.0 Å². The summed E-state index contributed by atoms with van der Waals surface area (Å²) in [5, 5.41) is 3.12. The lowest BCUT2D eigenvalue weighted by molar-refractivity contribution is 0.0937. The summed E-state index contributed by atoms with van der Waals surface area (Å²) in [7, 11) is 1.68. The number of likely N-dealkylation sites (tertiary alicyclic amines) is 1. The van der Waals surface area contributed by atoms with E-state index in [2.05, 4.69) is 32.2 Å². The van der Waals surface area contributed by atoms with Crippen molar-refractivity contribution in [1.82, 2.24) is 15.2 Å². The van der Waals surface area contributed by atoms with Gasteiger partial charge in [-0.15, -0.1) is 0 Å². The molecule has 1 aromatic carbocycles. The molecule has 1 aromatic heterocycles. The zero-order chi connectivity index (χ0) is 20.8. The number of aromatic nitrogens is 1. The van der Waals surface area contributed by atoms with E-state index >= 15 is 0 Å². The largest absolute Gasteiger partial charge is 0.497 e. The number of amides is 1. The number of hydrogen-bond donors (Lipinski definition) is 1. The van der Waals surface area contributed by atoms with Crippen molar-refractivity contribution in [2.45, 2.75) is 18.9 Å².